The maximum absolute atomic E-state index is 13.3. The van der Waals surface area contributed by atoms with Crippen LogP contribution < -0.4 is 19.7 Å². The van der Waals surface area contributed by atoms with E-state index in [9.17, 15) is 19.5 Å². The third-order valence-corrected chi connectivity index (χ3v) is 10.0. The Bertz CT molecular complexity index is 1640. The molecular weight excluding hydrogens is 527 g/mol. The molecule has 1 N–H and O–H groups in total. The molecule has 37 heavy (non-hydrogen) atoms. The molecule has 0 spiro atoms. The first kappa shape index (κ1) is 24.1. The number of aliphatic carboxylic acids is 1. The fraction of sp³-hybridized carbons (Fsp3) is 0.259. The molecule has 1 amide bonds. The summed E-state index contributed by atoms with van der Waals surface area (Å²) in [7, 11) is 1.57. The number of amides is 1. The summed E-state index contributed by atoms with van der Waals surface area (Å²) in [5.41, 5.74) is 4.13. The Morgan fingerprint density at radius 2 is 1.95 bits per heavy atom. The predicted octanol–water partition coefficient (Wildman–Crippen LogP) is 3.21. The summed E-state index contributed by atoms with van der Waals surface area (Å²) in [5, 5.41) is 9.43. The maximum atomic E-state index is 13.3. The highest BCUT2D eigenvalue weighted by Gasteiger charge is 2.42. The number of benzene rings is 2. The van der Waals surface area contributed by atoms with Crippen LogP contribution in [0, 0.1) is 0 Å². The van der Waals surface area contributed by atoms with Gasteiger partial charge in [0.1, 0.15) is 20.4 Å². The van der Waals surface area contributed by atoms with Gasteiger partial charge in [-0.25, -0.2) is 0 Å². The Hall–Kier alpha value is -3.21. The molecule has 188 valence electrons. The van der Waals surface area contributed by atoms with Crippen LogP contribution in [0.3, 0.4) is 0 Å². The highest BCUT2D eigenvalue weighted by atomic mass is 32.2. The molecule has 7 nitrogen and oxygen atoms in total. The van der Waals surface area contributed by atoms with Gasteiger partial charge in [0.25, 0.3) is 11.5 Å². The van der Waals surface area contributed by atoms with Crippen molar-refractivity contribution in [3.8, 4) is 0 Å². The number of thiazole rings is 1. The van der Waals surface area contributed by atoms with Crippen molar-refractivity contribution >= 4 is 73.9 Å². The number of aromatic nitrogens is 1. The van der Waals surface area contributed by atoms with Gasteiger partial charge in [-0.1, -0.05) is 54.7 Å². The molecule has 6 rings (SSSR count). The highest BCUT2D eigenvalue weighted by molar-refractivity contribution is 8.30. The van der Waals surface area contributed by atoms with Crippen LogP contribution >= 0.6 is 35.3 Å². The lowest BCUT2D eigenvalue weighted by Crippen LogP contribution is -2.35. The number of thioether (sulfide) groups is 1. The topological polar surface area (TPSA) is 82.9 Å². The number of carbonyl (C=O) groups excluding carboxylic acids is 1. The van der Waals surface area contributed by atoms with Crippen LogP contribution in [-0.2, 0) is 16.1 Å². The smallest absolute Gasteiger partial charge is 0.323 e. The maximum Gasteiger partial charge on any atom is 0.323 e. The second-order valence-corrected chi connectivity index (χ2v) is 12.1. The first-order valence-corrected chi connectivity index (χ1v) is 14.0. The number of thiocarbonyl (C=S) groups is 1. The number of carboxylic acid groups (broad SMARTS) is 1. The number of nitrogens with zero attached hydrogens (tertiary/aromatic N) is 3. The van der Waals surface area contributed by atoms with E-state index in [4.69, 9.17) is 12.2 Å². The van der Waals surface area contributed by atoms with E-state index in [1.54, 1.807) is 13.1 Å². The van der Waals surface area contributed by atoms with Crippen LogP contribution in [0.15, 0.2) is 53.3 Å². The summed E-state index contributed by atoms with van der Waals surface area (Å²) < 4.78 is 2.25. The fourth-order valence-electron chi connectivity index (χ4n) is 5.58. The second-order valence-electron chi connectivity index (χ2n) is 9.39. The fourth-order valence-corrected chi connectivity index (χ4v) is 8.02. The largest absolute Gasteiger partial charge is 0.480 e. The van der Waals surface area contributed by atoms with Gasteiger partial charge in [-0.3, -0.25) is 23.9 Å². The molecule has 0 radical (unpaired) electrons. The molecule has 10 heteroatoms. The van der Waals surface area contributed by atoms with E-state index in [-0.39, 0.29) is 10.8 Å². The van der Waals surface area contributed by atoms with Crippen LogP contribution in [0.5, 0.6) is 0 Å². The van der Waals surface area contributed by atoms with Gasteiger partial charge in [-0.15, -0.1) is 11.3 Å². The molecule has 2 aliphatic heterocycles. The number of carbonyl (C=O) groups is 2. The van der Waals surface area contributed by atoms with Gasteiger partial charge < -0.3 is 10.0 Å². The number of fused-ring (bicyclic) bond motifs is 3. The molecule has 3 heterocycles. The lowest BCUT2D eigenvalue weighted by molar-refractivity contribution is -0.137. The molecule has 1 saturated heterocycles. The monoisotopic (exact) mass is 549 g/mol. The summed E-state index contributed by atoms with van der Waals surface area (Å²) in [6.07, 6.45) is 5.25. The first-order valence-electron chi connectivity index (χ1n) is 12.0. The minimum Gasteiger partial charge on any atom is -0.480 e. The standard InChI is InChI=1S/C27H23N3O4S3/c1-28-25(34)23(37-27(28)35)26-29(14-22(31)32)24(33)21(36-26)13-15-10-11-20-18(12-15)17-8-5-9-19(17)30(20)16-6-3-2-4-7-16/h2-4,6-7,10-13,17,19H,5,8-9,14H2,1H3,(H,31,32)/b21-13-,26-23+. The third-order valence-electron chi connectivity index (χ3n) is 7.21. The summed E-state index contributed by atoms with van der Waals surface area (Å²) in [6.45, 7) is -0.522. The minimum absolute atomic E-state index is 0.289. The Morgan fingerprint density at radius 3 is 2.65 bits per heavy atom. The Labute approximate surface area is 226 Å². The van der Waals surface area contributed by atoms with E-state index in [0.717, 1.165) is 41.5 Å². The number of hydrogen-bond donors (Lipinski definition) is 1. The molecule has 1 aromatic heterocycles. The SMILES string of the molecule is CN1C(=O)/C(=c2\s/c(=C\c3ccc4c(c3)C3CCCC3N4c3ccccc3)c(=O)n2CC(=O)O)SC1=S. The van der Waals surface area contributed by atoms with Gasteiger partial charge in [-0.05, 0) is 54.3 Å². The molecular formula is C27H23N3O4S3. The second kappa shape index (κ2) is 9.27. The zero-order valence-electron chi connectivity index (χ0n) is 19.9. The lowest BCUT2D eigenvalue weighted by Gasteiger charge is -2.27. The van der Waals surface area contributed by atoms with Crippen molar-refractivity contribution in [1.82, 2.24) is 9.47 Å². The van der Waals surface area contributed by atoms with Crippen LogP contribution in [0.1, 0.15) is 36.3 Å². The Kier molecular flexibility index (Phi) is 6.05. The highest BCUT2D eigenvalue weighted by Crippen LogP contribution is 2.52. The van der Waals surface area contributed by atoms with E-state index >= 15 is 0 Å². The van der Waals surface area contributed by atoms with Crippen molar-refractivity contribution in [2.45, 2.75) is 37.8 Å². The van der Waals surface area contributed by atoms with Gasteiger partial charge in [0.2, 0.25) is 0 Å². The summed E-state index contributed by atoms with van der Waals surface area (Å²) in [6, 6.07) is 17.1. The molecule has 3 aromatic rings. The zero-order chi connectivity index (χ0) is 25.8. The quantitative estimate of drug-likeness (QED) is 0.501. The van der Waals surface area contributed by atoms with Crippen molar-refractivity contribution < 1.29 is 14.7 Å². The van der Waals surface area contributed by atoms with E-state index in [0.29, 0.717) is 25.5 Å². The Morgan fingerprint density at radius 1 is 1.16 bits per heavy atom. The van der Waals surface area contributed by atoms with Crippen LogP contribution in [0.4, 0.5) is 11.4 Å². The average Bonchev–Trinajstić information content (AvgIpc) is 3.61. The van der Waals surface area contributed by atoms with Crippen LogP contribution in [0.25, 0.3) is 11.0 Å². The third kappa shape index (κ3) is 4.03. The molecule has 3 aliphatic rings. The van der Waals surface area contributed by atoms with Gasteiger partial charge in [0.05, 0.1) is 4.53 Å². The van der Waals surface area contributed by atoms with Crippen molar-refractivity contribution in [2.24, 2.45) is 0 Å². The van der Waals surface area contributed by atoms with E-state index < -0.39 is 18.1 Å². The van der Waals surface area contributed by atoms with E-state index in [2.05, 4.69) is 41.3 Å². The van der Waals surface area contributed by atoms with E-state index in [1.165, 1.54) is 32.8 Å². The first-order chi connectivity index (χ1) is 17.8. The van der Waals surface area contributed by atoms with Crippen molar-refractivity contribution in [1.29, 1.82) is 0 Å². The normalized spacial score (nSPS) is 22.7. The van der Waals surface area contributed by atoms with Crippen LogP contribution in [-0.4, -0.2) is 43.9 Å². The van der Waals surface area contributed by atoms with E-state index in [1.807, 2.05) is 12.1 Å². The summed E-state index contributed by atoms with van der Waals surface area (Å²) in [5.74, 6) is -1.04. The molecule has 2 atom stereocenters. The van der Waals surface area contributed by atoms with Gasteiger partial charge >= 0.3 is 5.97 Å². The van der Waals surface area contributed by atoms with Crippen LogP contribution in [0.2, 0.25) is 0 Å². The van der Waals surface area contributed by atoms with Gasteiger partial charge in [0, 0.05) is 30.4 Å². The summed E-state index contributed by atoms with van der Waals surface area (Å²) >= 11 is 7.46. The zero-order valence-corrected chi connectivity index (χ0v) is 22.4. The molecule has 0 bridgehead atoms. The molecule has 2 unspecified atom stereocenters. The van der Waals surface area contributed by atoms with Gasteiger partial charge in [0.15, 0.2) is 0 Å². The number of anilines is 2. The molecule has 1 saturated carbocycles. The van der Waals surface area contributed by atoms with Gasteiger partial charge in [-0.2, -0.15) is 0 Å². The number of carboxylic acids is 1. The molecule has 1 aliphatic carbocycles. The summed E-state index contributed by atoms with van der Waals surface area (Å²) in [4.78, 5) is 41.6. The van der Waals surface area contributed by atoms with Crippen molar-refractivity contribution in [3.63, 3.8) is 0 Å². The number of rotatable bonds is 4. The average molecular weight is 550 g/mol. The lowest BCUT2D eigenvalue weighted by atomic mass is 9.96. The number of para-hydroxylation sites is 1. The molecule has 2 aromatic carbocycles. The number of hydrogen-bond acceptors (Lipinski definition) is 7. The predicted molar refractivity (Wildman–Crippen MR) is 151 cm³/mol. The van der Waals surface area contributed by atoms with Crippen molar-refractivity contribution in [3.05, 3.63) is 79.2 Å². The van der Waals surface area contributed by atoms with Crippen molar-refractivity contribution in [2.75, 3.05) is 11.9 Å². The molecule has 2 fully saturated rings. The minimum atomic E-state index is -1.15. The Balaban J connectivity index is 1.48.